The maximum atomic E-state index is 12.3. The highest BCUT2D eigenvalue weighted by atomic mass is 35.5. The lowest BCUT2D eigenvalue weighted by Gasteiger charge is -2.17. The van der Waals surface area contributed by atoms with E-state index < -0.39 is 5.97 Å². The number of hydrogen-bond acceptors (Lipinski definition) is 6. The van der Waals surface area contributed by atoms with Gasteiger partial charge in [-0.25, -0.2) is 4.79 Å². The Bertz CT molecular complexity index is 623. The largest absolute Gasteiger partial charge is 0.493 e. The molecule has 0 unspecified atom stereocenters. The van der Waals surface area contributed by atoms with E-state index in [1.54, 1.807) is 6.07 Å². The molecule has 2 atom stereocenters. The molecule has 7 nitrogen and oxygen atoms in total. The van der Waals surface area contributed by atoms with Crippen LogP contribution in [0.4, 0.5) is 5.69 Å². The Morgan fingerprint density at radius 2 is 1.80 bits per heavy atom. The van der Waals surface area contributed by atoms with Crippen molar-refractivity contribution < 1.29 is 23.8 Å². The second-order valence-electron chi connectivity index (χ2n) is 5.85. The number of carbonyl (C=O) groups is 2. The van der Waals surface area contributed by atoms with Crippen molar-refractivity contribution in [1.82, 2.24) is 0 Å². The van der Waals surface area contributed by atoms with Gasteiger partial charge < -0.3 is 25.3 Å². The molecule has 1 fully saturated rings. The van der Waals surface area contributed by atoms with Crippen LogP contribution in [-0.2, 0) is 9.53 Å². The monoisotopic (exact) mass is 372 g/mol. The van der Waals surface area contributed by atoms with Crippen molar-refractivity contribution in [3.63, 3.8) is 0 Å². The molecule has 1 aromatic rings. The fraction of sp³-hybridized carbons (Fsp3) is 0.529. The third-order valence-electron chi connectivity index (χ3n) is 4.37. The highest BCUT2D eigenvalue weighted by Gasteiger charge is 2.27. The number of esters is 1. The zero-order chi connectivity index (χ0) is 17.7. The van der Waals surface area contributed by atoms with Gasteiger partial charge in [0, 0.05) is 24.6 Å². The molecule has 8 heteroatoms. The van der Waals surface area contributed by atoms with Crippen LogP contribution < -0.4 is 20.5 Å². The summed E-state index contributed by atoms with van der Waals surface area (Å²) >= 11 is 0. The Hall–Kier alpha value is -1.99. The predicted octanol–water partition coefficient (Wildman–Crippen LogP) is 2.37. The molecule has 1 amide bonds. The van der Waals surface area contributed by atoms with Crippen molar-refractivity contribution in [2.45, 2.75) is 31.7 Å². The third kappa shape index (κ3) is 4.99. The summed E-state index contributed by atoms with van der Waals surface area (Å²) in [7, 11) is 4.24. The van der Waals surface area contributed by atoms with Gasteiger partial charge in [0.1, 0.15) is 0 Å². The standard InChI is InChI=1S/C17H24N2O5.ClH/c1-22-14-8-11(17(21)24-3)13(9-15(14)23-2)19-16(20)7-10-5-4-6-12(10)18;/h8-10,12H,4-7,18H2,1-3H3,(H,19,20);1H/t10-,12+;/m0./s1. The van der Waals surface area contributed by atoms with Crippen molar-refractivity contribution in [2.75, 3.05) is 26.6 Å². The number of anilines is 1. The second-order valence-corrected chi connectivity index (χ2v) is 5.85. The zero-order valence-electron chi connectivity index (χ0n) is 14.7. The summed E-state index contributed by atoms with van der Waals surface area (Å²) in [4.78, 5) is 24.3. The first-order valence-electron chi connectivity index (χ1n) is 7.90. The molecule has 0 spiro atoms. The van der Waals surface area contributed by atoms with E-state index >= 15 is 0 Å². The van der Waals surface area contributed by atoms with E-state index in [-0.39, 0.29) is 35.8 Å². The van der Waals surface area contributed by atoms with E-state index in [4.69, 9.17) is 19.9 Å². The van der Waals surface area contributed by atoms with Crippen LogP contribution in [0.2, 0.25) is 0 Å². The highest BCUT2D eigenvalue weighted by molar-refractivity contribution is 6.02. The van der Waals surface area contributed by atoms with E-state index in [0.29, 0.717) is 23.6 Å². The highest BCUT2D eigenvalue weighted by Crippen LogP contribution is 2.34. The molecule has 0 radical (unpaired) electrons. The van der Waals surface area contributed by atoms with Gasteiger partial charge >= 0.3 is 5.97 Å². The summed E-state index contributed by atoms with van der Waals surface area (Å²) in [6.07, 6.45) is 3.27. The zero-order valence-corrected chi connectivity index (χ0v) is 15.5. The average molecular weight is 373 g/mol. The number of ether oxygens (including phenoxy) is 3. The summed E-state index contributed by atoms with van der Waals surface area (Å²) in [6.45, 7) is 0. The maximum absolute atomic E-state index is 12.3. The normalized spacial score (nSPS) is 18.9. The smallest absolute Gasteiger partial charge is 0.340 e. The fourth-order valence-corrected chi connectivity index (χ4v) is 3.02. The maximum Gasteiger partial charge on any atom is 0.340 e. The lowest BCUT2D eigenvalue weighted by atomic mass is 9.99. The molecule has 0 bridgehead atoms. The summed E-state index contributed by atoms with van der Waals surface area (Å²) in [6, 6.07) is 3.10. The number of rotatable bonds is 6. The number of methoxy groups -OCH3 is 3. The number of carbonyl (C=O) groups excluding carboxylic acids is 2. The number of benzene rings is 1. The summed E-state index contributed by atoms with van der Waals surface area (Å²) < 4.78 is 15.2. The number of nitrogens with two attached hydrogens (primary N) is 1. The van der Waals surface area contributed by atoms with Gasteiger partial charge in [-0.2, -0.15) is 0 Å². The molecular formula is C17H25ClN2O5. The quantitative estimate of drug-likeness (QED) is 0.743. The molecule has 0 aliphatic heterocycles. The molecule has 1 aliphatic carbocycles. The Labute approximate surface area is 153 Å². The van der Waals surface area contributed by atoms with Crippen LogP contribution in [-0.4, -0.2) is 39.2 Å². The van der Waals surface area contributed by atoms with Crippen molar-refractivity contribution in [3.8, 4) is 11.5 Å². The van der Waals surface area contributed by atoms with E-state index in [2.05, 4.69) is 5.32 Å². The van der Waals surface area contributed by atoms with Crippen molar-refractivity contribution in [1.29, 1.82) is 0 Å². The molecule has 1 aromatic carbocycles. The Kier molecular flexibility index (Phi) is 7.99. The minimum atomic E-state index is -0.566. The average Bonchev–Trinajstić information content (AvgIpc) is 2.98. The SMILES string of the molecule is COC(=O)c1cc(OC)c(OC)cc1NC(=O)C[C@@H]1CCC[C@H]1N.Cl. The van der Waals surface area contributed by atoms with Gasteiger partial charge in [-0.1, -0.05) is 6.42 Å². The van der Waals surface area contributed by atoms with Crippen LogP contribution >= 0.6 is 12.4 Å². The van der Waals surface area contributed by atoms with Gasteiger partial charge in [0.15, 0.2) is 11.5 Å². The van der Waals surface area contributed by atoms with Crippen LogP contribution in [0.5, 0.6) is 11.5 Å². The number of nitrogens with one attached hydrogen (secondary N) is 1. The van der Waals surface area contributed by atoms with E-state index in [1.807, 2.05) is 0 Å². The first-order valence-corrected chi connectivity index (χ1v) is 7.90. The van der Waals surface area contributed by atoms with Crippen molar-refractivity contribution >= 4 is 30.0 Å². The molecule has 25 heavy (non-hydrogen) atoms. The van der Waals surface area contributed by atoms with Gasteiger partial charge in [-0.05, 0) is 18.8 Å². The molecule has 3 N–H and O–H groups in total. The molecule has 0 heterocycles. The number of hydrogen-bond donors (Lipinski definition) is 2. The molecule has 140 valence electrons. The van der Waals surface area contributed by atoms with Crippen LogP contribution in [0, 0.1) is 5.92 Å². The minimum absolute atomic E-state index is 0. The number of halogens is 1. The van der Waals surface area contributed by atoms with Crippen LogP contribution in [0.15, 0.2) is 12.1 Å². The molecular weight excluding hydrogens is 348 g/mol. The van der Waals surface area contributed by atoms with Crippen LogP contribution in [0.25, 0.3) is 0 Å². The van der Waals surface area contributed by atoms with Crippen LogP contribution in [0.3, 0.4) is 0 Å². The van der Waals surface area contributed by atoms with Crippen molar-refractivity contribution in [3.05, 3.63) is 17.7 Å². The topological polar surface area (TPSA) is 99.9 Å². The Balaban J connectivity index is 0.00000312. The van der Waals surface area contributed by atoms with Gasteiger partial charge in [0.05, 0.1) is 32.6 Å². The summed E-state index contributed by atoms with van der Waals surface area (Å²) in [5.41, 5.74) is 6.55. The summed E-state index contributed by atoms with van der Waals surface area (Å²) in [5, 5.41) is 2.77. The van der Waals surface area contributed by atoms with E-state index in [0.717, 1.165) is 19.3 Å². The van der Waals surface area contributed by atoms with E-state index in [1.165, 1.54) is 27.4 Å². The molecule has 0 saturated heterocycles. The second kappa shape index (κ2) is 9.48. The minimum Gasteiger partial charge on any atom is -0.493 e. The lowest BCUT2D eigenvalue weighted by molar-refractivity contribution is -0.117. The predicted molar refractivity (Wildman–Crippen MR) is 96.7 cm³/mol. The third-order valence-corrected chi connectivity index (χ3v) is 4.37. The molecule has 2 rings (SSSR count). The molecule has 1 aliphatic rings. The van der Waals surface area contributed by atoms with E-state index in [9.17, 15) is 9.59 Å². The Morgan fingerprint density at radius 3 is 2.32 bits per heavy atom. The molecule has 1 saturated carbocycles. The first-order chi connectivity index (χ1) is 11.5. The van der Waals surface area contributed by atoms with Gasteiger partial charge in [0.25, 0.3) is 0 Å². The fourth-order valence-electron chi connectivity index (χ4n) is 3.02. The van der Waals surface area contributed by atoms with Crippen LogP contribution in [0.1, 0.15) is 36.0 Å². The lowest BCUT2D eigenvalue weighted by Crippen LogP contribution is -2.28. The van der Waals surface area contributed by atoms with Crippen molar-refractivity contribution in [2.24, 2.45) is 11.7 Å². The summed E-state index contributed by atoms with van der Waals surface area (Å²) in [5.74, 6) is 0.219. The first kappa shape index (κ1) is 21.1. The van der Waals surface area contributed by atoms with Gasteiger partial charge in [0.2, 0.25) is 5.91 Å². The van der Waals surface area contributed by atoms with Gasteiger partial charge in [-0.15, -0.1) is 12.4 Å². The Morgan fingerprint density at radius 1 is 1.16 bits per heavy atom. The number of amides is 1. The molecule has 0 aromatic heterocycles. The van der Waals surface area contributed by atoms with Gasteiger partial charge in [-0.3, -0.25) is 4.79 Å².